The minimum Gasteiger partial charge on any atom is -0.533 e. The predicted molar refractivity (Wildman–Crippen MR) is 352 cm³/mol. The zero-order chi connectivity index (χ0) is 53.7. The molecular formula is C66H90O2S6Si2. The average molecular weight is 1160 g/mol. The Hall–Kier alpha value is -2.29. The molecule has 410 valence electrons. The van der Waals surface area contributed by atoms with Crippen LogP contribution < -0.4 is 29.6 Å². The minimum absolute atomic E-state index is 0.188. The molecule has 2 aliphatic heterocycles. The van der Waals surface area contributed by atoms with Gasteiger partial charge in [0.1, 0.15) is 11.5 Å². The third-order valence-electron chi connectivity index (χ3n) is 15.0. The summed E-state index contributed by atoms with van der Waals surface area (Å²) in [6, 6.07) is 49.0. The number of unbranched alkanes of at least 4 members (excludes halogenated alkanes) is 18. The SMILES string of the molecule is CCCCCCCCCCCCSC1=C(SCCCCCCCCCCCC)SC(=C2Sc3c(O[Si](c4ccccc4)(c4ccccc4)C(C)(C)C)ccc(O[Si](c4ccccc4)(c4ccccc4)C(C)(C)C)c3S2)S1. The number of thioether (sulfide) groups is 6. The smallest absolute Gasteiger partial charge is 0.320 e. The second kappa shape index (κ2) is 31.1. The Morgan fingerprint density at radius 2 is 0.605 bits per heavy atom. The number of hydrogen-bond donors (Lipinski definition) is 0. The summed E-state index contributed by atoms with van der Waals surface area (Å²) in [5.74, 6) is 4.30. The molecule has 0 radical (unpaired) electrons. The Kier molecular flexibility index (Phi) is 25.1. The molecule has 0 aromatic heterocycles. The fourth-order valence-corrected chi connectivity index (χ4v) is 28.7. The van der Waals surface area contributed by atoms with Crippen LogP contribution in [0.3, 0.4) is 0 Å². The molecule has 0 spiro atoms. The first-order chi connectivity index (χ1) is 36.9. The van der Waals surface area contributed by atoms with Gasteiger partial charge >= 0.3 is 16.6 Å². The van der Waals surface area contributed by atoms with Crippen molar-refractivity contribution in [2.45, 2.75) is 204 Å². The highest BCUT2D eigenvalue weighted by molar-refractivity contribution is 8.42. The molecular weight excluding hydrogens is 1070 g/mol. The van der Waals surface area contributed by atoms with E-state index >= 15 is 0 Å². The minimum atomic E-state index is -2.98. The molecule has 0 aliphatic carbocycles. The largest absolute Gasteiger partial charge is 0.533 e. The topological polar surface area (TPSA) is 18.5 Å². The van der Waals surface area contributed by atoms with Crippen LogP contribution in [0.15, 0.2) is 160 Å². The van der Waals surface area contributed by atoms with Crippen molar-refractivity contribution in [2.75, 3.05) is 11.5 Å². The molecule has 0 unspecified atom stereocenters. The summed E-state index contributed by atoms with van der Waals surface area (Å²) >= 11 is 12.2. The molecule has 76 heavy (non-hydrogen) atoms. The van der Waals surface area contributed by atoms with Gasteiger partial charge in [-0.15, -0.1) is 23.5 Å². The summed E-state index contributed by atoms with van der Waals surface area (Å²) in [6.45, 7) is 18.9. The van der Waals surface area contributed by atoms with E-state index in [1.54, 1.807) is 0 Å². The molecule has 0 saturated heterocycles. The average Bonchev–Trinajstić information content (AvgIpc) is 4.11. The van der Waals surface area contributed by atoms with Crippen molar-refractivity contribution in [2.24, 2.45) is 0 Å². The third-order valence-corrected chi connectivity index (χ3v) is 33.7. The summed E-state index contributed by atoms with van der Waals surface area (Å²) in [5.41, 5.74) is 0. The van der Waals surface area contributed by atoms with Crippen molar-refractivity contribution in [3.63, 3.8) is 0 Å². The lowest BCUT2D eigenvalue weighted by Crippen LogP contribution is -2.69. The summed E-state index contributed by atoms with van der Waals surface area (Å²) in [5, 5.41) is 4.75. The van der Waals surface area contributed by atoms with Crippen molar-refractivity contribution in [3.8, 4) is 11.5 Å². The Balaban J connectivity index is 1.22. The van der Waals surface area contributed by atoms with Gasteiger partial charge in [-0.25, -0.2) is 0 Å². The highest BCUT2D eigenvalue weighted by atomic mass is 32.3. The maximum absolute atomic E-state index is 8.01. The first-order valence-corrected chi connectivity index (χ1v) is 38.2. The summed E-state index contributed by atoms with van der Waals surface area (Å²) in [4.78, 5) is 2.37. The van der Waals surface area contributed by atoms with Crippen molar-refractivity contribution in [3.05, 3.63) is 150 Å². The van der Waals surface area contributed by atoms with Crippen molar-refractivity contribution >= 4 is 108 Å². The van der Waals surface area contributed by atoms with Crippen LogP contribution in [-0.4, -0.2) is 28.1 Å². The monoisotopic (exact) mass is 1160 g/mol. The molecule has 0 amide bonds. The van der Waals surface area contributed by atoms with Gasteiger partial charge in [-0.1, -0.05) is 339 Å². The lowest BCUT2D eigenvalue weighted by Gasteiger charge is -2.44. The van der Waals surface area contributed by atoms with Gasteiger partial charge in [-0.05, 0) is 67.3 Å². The molecule has 0 N–H and O–H groups in total. The Bertz CT molecular complexity index is 2310. The van der Waals surface area contributed by atoms with E-state index in [1.807, 2.05) is 47.0 Å². The summed E-state index contributed by atoms with van der Waals surface area (Å²) in [6.07, 6.45) is 27.5. The highest BCUT2D eigenvalue weighted by Crippen LogP contribution is 2.67. The van der Waals surface area contributed by atoms with Gasteiger partial charge in [0, 0.05) is 0 Å². The fourth-order valence-electron chi connectivity index (χ4n) is 10.8. The molecule has 10 heteroatoms. The first kappa shape index (κ1) is 61.3. The van der Waals surface area contributed by atoms with Crippen LogP contribution in [0, 0.1) is 0 Å². The Labute approximate surface area is 489 Å². The van der Waals surface area contributed by atoms with Gasteiger partial charge in [0.2, 0.25) is 0 Å². The van der Waals surface area contributed by atoms with Gasteiger partial charge in [-0.3, -0.25) is 0 Å². The van der Waals surface area contributed by atoms with Crippen LogP contribution in [0.25, 0.3) is 0 Å². The van der Waals surface area contributed by atoms with Crippen LogP contribution in [0.5, 0.6) is 11.5 Å². The van der Waals surface area contributed by atoms with Gasteiger partial charge in [0.05, 0.1) is 26.7 Å². The quantitative estimate of drug-likeness (QED) is 0.0309. The molecule has 2 aliphatic rings. The maximum atomic E-state index is 8.01. The van der Waals surface area contributed by atoms with E-state index in [0.29, 0.717) is 0 Å². The van der Waals surface area contributed by atoms with E-state index < -0.39 is 16.6 Å². The molecule has 7 rings (SSSR count). The number of rotatable bonds is 32. The normalized spacial score (nSPS) is 14.2. The number of hydrogen-bond acceptors (Lipinski definition) is 8. The Morgan fingerprint density at radius 1 is 0.342 bits per heavy atom. The van der Waals surface area contributed by atoms with Crippen molar-refractivity contribution < 1.29 is 8.85 Å². The molecule has 5 aromatic rings. The molecule has 5 aromatic carbocycles. The zero-order valence-electron chi connectivity index (χ0n) is 47.5. The van der Waals surface area contributed by atoms with Crippen LogP contribution in [0.1, 0.15) is 184 Å². The molecule has 0 fully saturated rings. The Morgan fingerprint density at radius 3 is 0.882 bits per heavy atom. The standard InChI is InChI=1S/C66H90O2S6Si2/c1-9-11-13-15-17-19-21-23-25-39-51-69-61-62(70-52-40-26-24-22-20-18-16-14-12-10-2)74-64(73-61)63-71-59-57(67-75(65(3,4)5,53-41-31-27-32-42-53)54-43-33-28-34-44-54)49-50-58(60(59)72-63)68-76(66(6,7)8,55-45-35-29-36-46-55)56-47-37-30-38-48-56/h27-38,41-50H,9-26,39-40,51-52H2,1-8H3. The molecule has 0 atom stereocenters. The predicted octanol–water partition coefficient (Wildman–Crippen LogP) is 20.8. The van der Waals surface area contributed by atoms with Crippen molar-refractivity contribution in [1.82, 2.24) is 0 Å². The van der Waals surface area contributed by atoms with Crippen molar-refractivity contribution in [1.29, 1.82) is 0 Å². The number of fused-ring (bicyclic) bond motifs is 1. The highest BCUT2D eigenvalue weighted by Gasteiger charge is 2.54. The van der Waals surface area contributed by atoms with Crippen LogP contribution in [0.2, 0.25) is 10.1 Å². The van der Waals surface area contributed by atoms with Gasteiger partial charge in [0.25, 0.3) is 0 Å². The molecule has 0 saturated carbocycles. The fraction of sp³-hybridized carbons (Fsp3) is 0.485. The summed E-state index contributed by atoms with van der Waals surface area (Å²) < 4.78 is 21.8. The van der Waals surface area contributed by atoms with E-state index in [-0.39, 0.29) is 10.1 Å². The molecule has 2 heterocycles. The second-order valence-electron chi connectivity index (χ2n) is 22.9. The molecule has 0 bridgehead atoms. The number of benzene rings is 5. The van der Waals surface area contributed by atoms with E-state index in [4.69, 9.17) is 8.85 Å². The van der Waals surface area contributed by atoms with Gasteiger partial charge in [-0.2, -0.15) is 0 Å². The van der Waals surface area contributed by atoms with Gasteiger partial charge < -0.3 is 8.85 Å². The molecule has 2 nitrogen and oxygen atoms in total. The van der Waals surface area contributed by atoms with Crippen LogP contribution in [-0.2, 0) is 0 Å². The lowest BCUT2D eigenvalue weighted by molar-refractivity contribution is 0.478. The maximum Gasteiger partial charge on any atom is 0.320 e. The lowest BCUT2D eigenvalue weighted by atomic mass is 10.1. The van der Waals surface area contributed by atoms with Crippen LogP contribution in [0.4, 0.5) is 0 Å². The van der Waals surface area contributed by atoms with E-state index in [9.17, 15) is 0 Å². The summed E-state index contributed by atoms with van der Waals surface area (Å²) in [7, 11) is -5.96. The van der Waals surface area contributed by atoms with E-state index in [1.165, 1.54) is 187 Å². The third kappa shape index (κ3) is 16.2. The van der Waals surface area contributed by atoms with Crippen LogP contribution >= 0.6 is 70.6 Å². The van der Waals surface area contributed by atoms with E-state index in [0.717, 1.165) is 11.5 Å². The second-order valence-corrected chi connectivity index (χ2v) is 38.6. The first-order valence-electron chi connectivity index (χ1n) is 29.2. The zero-order valence-corrected chi connectivity index (χ0v) is 54.4. The van der Waals surface area contributed by atoms with E-state index in [2.05, 4.69) is 212 Å². The van der Waals surface area contributed by atoms with Gasteiger partial charge in [0.15, 0.2) is 0 Å².